The van der Waals surface area contributed by atoms with Crippen LogP contribution in [0.15, 0.2) is 4.99 Å². The standard InChI is InChI=1S/C19H35N5/c1-13-7-9-17(10-8-13)12-21-19(20-5)22-14(2)11-18-15(3)23-24(6)16(18)4/h13-14,17H,7-12H2,1-6H3,(H2,20,21,22). The van der Waals surface area contributed by atoms with Crippen LogP contribution in [0.2, 0.25) is 0 Å². The molecular weight excluding hydrogens is 298 g/mol. The summed E-state index contributed by atoms with van der Waals surface area (Å²) in [7, 11) is 3.86. The zero-order valence-corrected chi connectivity index (χ0v) is 16.3. The highest BCUT2D eigenvalue weighted by molar-refractivity contribution is 5.79. The van der Waals surface area contributed by atoms with E-state index in [1.165, 1.54) is 36.9 Å². The van der Waals surface area contributed by atoms with Crippen LogP contribution in [0.5, 0.6) is 0 Å². The van der Waals surface area contributed by atoms with Crippen LogP contribution >= 0.6 is 0 Å². The molecule has 136 valence electrons. The molecule has 1 aliphatic rings. The van der Waals surface area contributed by atoms with Crippen molar-refractivity contribution < 1.29 is 0 Å². The molecule has 1 atom stereocenters. The molecule has 1 saturated carbocycles. The number of hydrogen-bond donors (Lipinski definition) is 2. The summed E-state index contributed by atoms with van der Waals surface area (Å²) in [4.78, 5) is 4.39. The van der Waals surface area contributed by atoms with Gasteiger partial charge >= 0.3 is 0 Å². The van der Waals surface area contributed by atoms with Gasteiger partial charge in [-0.3, -0.25) is 9.67 Å². The van der Waals surface area contributed by atoms with E-state index in [1.54, 1.807) is 0 Å². The molecule has 1 aromatic rings. The summed E-state index contributed by atoms with van der Waals surface area (Å²) in [6.07, 6.45) is 6.39. The fourth-order valence-corrected chi connectivity index (χ4v) is 3.67. The third kappa shape index (κ3) is 4.99. The largest absolute Gasteiger partial charge is 0.356 e. The second kappa shape index (κ2) is 8.54. The molecule has 1 fully saturated rings. The molecule has 1 aliphatic carbocycles. The fourth-order valence-electron chi connectivity index (χ4n) is 3.67. The maximum Gasteiger partial charge on any atom is 0.191 e. The molecule has 5 nitrogen and oxygen atoms in total. The lowest BCUT2D eigenvalue weighted by Gasteiger charge is -2.27. The predicted molar refractivity (Wildman–Crippen MR) is 101 cm³/mol. The molecule has 0 radical (unpaired) electrons. The molecule has 0 spiro atoms. The van der Waals surface area contributed by atoms with E-state index in [1.807, 2.05) is 18.8 Å². The van der Waals surface area contributed by atoms with Crippen molar-refractivity contribution in [3.63, 3.8) is 0 Å². The Hall–Kier alpha value is -1.52. The maximum absolute atomic E-state index is 4.51. The molecule has 0 aliphatic heterocycles. The minimum atomic E-state index is 0.323. The Morgan fingerprint density at radius 2 is 1.96 bits per heavy atom. The molecule has 0 amide bonds. The summed E-state index contributed by atoms with van der Waals surface area (Å²) in [5.41, 5.74) is 3.72. The van der Waals surface area contributed by atoms with Crippen LogP contribution in [0.3, 0.4) is 0 Å². The first kappa shape index (κ1) is 18.8. The summed E-state index contributed by atoms with van der Waals surface area (Å²) in [5, 5.41) is 11.6. The van der Waals surface area contributed by atoms with Crippen LogP contribution in [0, 0.1) is 25.7 Å². The van der Waals surface area contributed by atoms with Crippen molar-refractivity contribution in [1.82, 2.24) is 20.4 Å². The number of nitrogens with zero attached hydrogens (tertiary/aromatic N) is 3. The smallest absolute Gasteiger partial charge is 0.191 e. The van der Waals surface area contributed by atoms with E-state index in [0.717, 1.165) is 36.5 Å². The van der Waals surface area contributed by atoms with Gasteiger partial charge in [-0.05, 0) is 57.4 Å². The molecule has 2 N–H and O–H groups in total. The van der Waals surface area contributed by atoms with Gasteiger partial charge in [-0.1, -0.05) is 19.8 Å². The van der Waals surface area contributed by atoms with Crippen LogP contribution in [-0.2, 0) is 13.5 Å². The van der Waals surface area contributed by atoms with Crippen LogP contribution in [0.1, 0.15) is 56.5 Å². The number of guanidine groups is 1. The van der Waals surface area contributed by atoms with Gasteiger partial charge in [0.05, 0.1) is 5.69 Å². The maximum atomic E-state index is 4.51. The van der Waals surface area contributed by atoms with Gasteiger partial charge in [-0.15, -0.1) is 0 Å². The van der Waals surface area contributed by atoms with Crippen molar-refractivity contribution in [1.29, 1.82) is 0 Å². The van der Waals surface area contributed by atoms with Crippen molar-refractivity contribution in [3.8, 4) is 0 Å². The fraction of sp³-hybridized carbons (Fsp3) is 0.789. The van der Waals surface area contributed by atoms with Crippen molar-refractivity contribution in [3.05, 3.63) is 17.0 Å². The topological polar surface area (TPSA) is 54.2 Å². The molecular formula is C19H35N5. The molecule has 1 unspecified atom stereocenters. The summed E-state index contributed by atoms with van der Waals surface area (Å²) >= 11 is 0. The Bertz CT molecular complexity index is 552. The molecule has 0 saturated heterocycles. The van der Waals surface area contributed by atoms with Crippen LogP contribution in [0.4, 0.5) is 0 Å². The quantitative estimate of drug-likeness (QED) is 0.643. The second-order valence-corrected chi connectivity index (χ2v) is 7.60. The third-order valence-electron chi connectivity index (χ3n) is 5.47. The van der Waals surface area contributed by atoms with E-state index in [4.69, 9.17) is 0 Å². The summed E-state index contributed by atoms with van der Waals surface area (Å²) in [6.45, 7) is 9.84. The highest BCUT2D eigenvalue weighted by Gasteiger charge is 2.19. The summed E-state index contributed by atoms with van der Waals surface area (Å²) in [5.74, 6) is 2.61. The molecule has 5 heteroatoms. The summed E-state index contributed by atoms with van der Waals surface area (Å²) < 4.78 is 1.97. The van der Waals surface area contributed by atoms with E-state index >= 15 is 0 Å². The molecule has 0 aromatic carbocycles. The van der Waals surface area contributed by atoms with Gasteiger partial charge in [0.1, 0.15) is 0 Å². The normalized spacial score (nSPS) is 23.2. The van der Waals surface area contributed by atoms with Gasteiger partial charge in [-0.25, -0.2) is 0 Å². The lowest BCUT2D eigenvalue weighted by atomic mass is 9.83. The molecule has 2 rings (SSSR count). The second-order valence-electron chi connectivity index (χ2n) is 7.60. The number of aliphatic imine (C=N–C) groups is 1. The first-order chi connectivity index (χ1) is 11.4. The number of rotatable bonds is 5. The monoisotopic (exact) mass is 333 g/mol. The van der Waals surface area contributed by atoms with E-state index in [-0.39, 0.29) is 0 Å². The minimum absolute atomic E-state index is 0.323. The van der Waals surface area contributed by atoms with Crippen molar-refractivity contribution in [2.24, 2.45) is 23.9 Å². The van der Waals surface area contributed by atoms with Crippen LogP contribution in [0.25, 0.3) is 0 Å². The van der Waals surface area contributed by atoms with E-state index in [9.17, 15) is 0 Å². The van der Waals surface area contributed by atoms with Gasteiger partial charge < -0.3 is 10.6 Å². The molecule has 1 heterocycles. The van der Waals surface area contributed by atoms with E-state index in [2.05, 4.69) is 48.4 Å². The van der Waals surface area contributed by atoms with Gasteiger partial charge in [0.2, 0.25) is 0 Å². The first-order valence-electron chi connectivity index (χ1n) is 9.37. The minimum Gasteiger partial charge on any atom is -0.356 e. The number of nitrogens with one attached hydrogen (secondary N) is 2. The predicted octanol–water partition coefficient (Wildman–Crippen LogP) is 2.96. The highest BCUT2D eigenvalue weighted by Crippen LogP contribution is 2.27. The SMILES string of the molecule is CN=C(NCC1CCC(C)CC1)NC(C)Cc1c(C)nn(C)c1C. The third-order valence-corrected chi connectivity index (χ3v) is 5.47. The van der Waals surface area contributed by atoms with Crippen molar-refractivity contribution >= 4 is 5.96 Å². The Morgan fingerprint density at radius 3 is 2.50 bits per heavy atom. The zero-order valence-electron chi connectivity index (χ0n) is 16.3. The Morgan fingerprint density at radius 1 is 1.29 bits per heavy atom. The first-order valence-corrected chi connectivity index (χ1v) is 9.37. The average Bonchev–Trinajstić information content (AvgIpc) is 2.79. The molecule has 1 aromatic heterocycles. The lowest BCUT2D eigenvalue weighted by molar-refractivity contribution is 0.289. The number of aromatic nitrogens is 2. The van der Waals surface area contributed by atoms with Gasteiger partial charge in [0.15, 0.2) is 5.96 Å². The van der Waals surface area contributed by atoms with E-state index in [0.29, 0.717) is 6.04 Å². The Balaban J connectivity index is 1.81. The Labute approximate surface area is 147 Å². The van der Waals surface area contributed by atoms with E-state index < -0.39 is 0 Å². The Kier molecular flexibility index (Phi) is 6.69. The lowest BCUT2D eigenvalue weighted by Crippen LogP contribution is -2.45. The highest BCUT2D eigenvalue weighted by atomic mass is 15.3. The van der Waals surface area contributed by atoms with Gasteiger partial charge in [0, 0.05) is 32.4 Å². The van der Waals surface area contributed by atoms with Gasteiger partial charge in [0.25, 0.3) is 0 Å². The van der Waals surface area contributed by atoms with Crippen LogP contribution in [-0.4, -0.2) is 35.4 Å². The molecule has 0 bridgehead atoms. The number of hydrogen-bond acceptors (Lipinski definition) is 2. The van der Waals surface area contributed by atoms with Crippen molar-refractivity contribution in [2.75, 3.05) is 13.6 Å². The van der Waals surface area contributed by atoms with Crippen molar-refractivity contribution in [2.45, 2.75) is 65.8 Å². The average molecular weight is 334 g/mol. The number of aryl methyl sites for hydroxylation is 2. The van der Waals surface area contributed by atoms with Crippen LogP contribution < -0.4 is 10.6 Å². The summed E-state index contributed by atoms with van der Waals surface area (Å²) in [6, 6.07) is 0.323. The molecule has 24 heavy (non-hydrogen) atoms. The van der Waals surface area contributed by atoms with Gasteiger partial charge in [-0.2, -0.15) is 5.10 Å². The zero-order chi connectivity index (χ0) is 17.7.